The van der Waals surface area contributed by atoms with E-state index in [0.29, 0.717) is 5.95 Å². The Kier molecular flexibility index (Phi) is 5.59. The van der Waals surface area contributed by atoms with Crippen LogP contribution in [-0.4, -0.2) is 27.4 Å². The topological polar surface area (TPSA) is 89.2 Å². The Labute approximate surface area is 157 Å². The number of nitrogens with one attached hydrogen (secondary N) is 2. The van der Waals surface area contributed by atoms with Crippen LogP contribution in [0.1, 0.15) is 37.7 Å². The second kappa shape index (κ2) is 8.07. The van der Waals surface area contributed by atoms with E-state index in [9.17, 15) is 9.59 Å². The van der Waals surface area contributed by atoms with Gasteiger partial charge in [-0.2, -0.15) is 0 Å². The summed E-state index contributed by atoms with van der Waals surface area (Å²) in [5.41, 5.74) is 1.79. The van der Waals surface area contributed by atoms with Crippen molar-refractivity contribution in [2.75, 3.05) is 5.32 Å². The summed E-state index contributed by atoms with van der Waals surface area (Å²) in [6.07, 6.45) is 2.33. The molecule has 3 aromatic rings. The van der Waals surface area contributed by atoms with Gasteiger partial charge in [-0.25, -0.2) is 4.98 Å². The third kappa shape index (κ3) is 4.02. The number of furan rings is 1. The normalized spacial score (nSPS) is 12.3. The van der Waals surface area contributed by atoms with Gasteiger partial charge in [0.15, 0.2) is 5.76 Å². The molecule has 2 N–H and O–H groups in total. The molecule has 0 aliphatic heterocycles. The number of aryl methyl sites for hydroxylation is 1. The summed E-state index contributed by atoms with van der Waals surface area (Å²) < 4.78 is 7.09. The van der Waals surface area contributed by atoms with E-state index >= 15 is 0 Å². The molecule has 1 unspecified atom stereocenters. The number of imidazole rings is 1. The fourth-order valence-electron chi connectivity index (χ4n) is 2.96. The molecule has 0 saturated carbocycles. The zero-order chi connectivity index (χ0) is 19.4. The first kappa shape index (κ1) is 18.7. The van der Waals surface area contributed by atoms with Crippen molar-refractivity contribution >= 4 is 28.8 Å². The molecular formula is C20H24N4O3. The van der Waals surface area contributed by atoms with E-state index in [0.717, 1.165) is 24.0 Å². The summed E-state index contributed by atoms with van der Waals surface area (Å²) in [7, 11) is 0. The van der Waals surface area contributed by atoms with Crippen LogP contribution >= 0.6 is 0 Å². The summed E-state index contributed by atoms with van der Waals surface area (Å²) in [6.45, 7) is 6.56. The number of rotatable bonds is 7. The van der Waals surface area contributed by atoms with Gasteiger partial charge in [0.05, 0.1) is 17.3 Å². The predicted molar refractivity (Wildman–Crippen MR) is 103 cm³/mol. The molecule has 0 saturated heterocycles. The van der Waals surface area contributed by atoms with Gasteiger partial charge in [-0.15, -0.1) is 0 Å². The van der Waals surface area contributed by atoms with Crippen LogP contribution < -0.4 is 10.6 Å². The Morgan fingerprint density at radius 3 is 2.63 bits per heavy atom. The van der Waals surface area contributed by atoms with Crippen LogP contribution in [0, 0.1) is 5.92 Å². The van der Waals surface area contributed by atoms with Gasteiger partial charge in [-0.3, -0.25) is 14.9 Å². The summed E-state index contributed by atoms with van der Waals surface area (Å²) >= 11 is 0. The molecule has 1 atom stereocenters. The minimum absolute atomic E-state index is 0.104. The third-order valence-electron chi connectivity index (χ3n) is 4.32. The summed E-state index contributed by atoms with van der Waals surface area (Å²) in [4.78, 5) is 29.7. The molecule has 0 bridgehead atoms. The molecule has 7 nitrogen and oxygen atoms in total. The minimum Gasteiger partial charge on any atom is -0.459 e. The van der Waals surface area contributed by atoms with Gasteiger partial charge in [0.2, 0.25) is 11.9 Å². The van der Waals surface area contributed by atoms with Gasteiger partial charge in [-0.1, -0.05) is 32.9 Å². The second-order valence-corrected chi connectivity index (χ2v) is 6.74. The predicted octanol–water partition coefficient (Wildman–Crippen LogP) is 3.43. The molecule has 3 rings (SSSR count). The maximum Gasteiger partial charge on any atom is 0.287 e. The fraction of sp³-hybridized carbons (Fsp3) is 0.350. The van der Waals surface area contributed by atoms with Crippen LogP contribution in [0.15, 0.2) is 47.1 Å². The van der Waals surface area contributed by atoms with Crippen molar-refractivity contribution in [3.63, 3.8) is 0 Å². The van der Waals surface area contributed by atoms with Crippen molar-refractivity contribution in [2.45, 2.75) is 39.8 Å². The van der Waals surface area contributed by atoms with Gasteiger partial charge < -0.3 is 14.3 Å². The van der Waals surface area contributed by atoms with Crippen LogP contribution in [0.2, 0.25) is 0 Å². The molecule has 0 spiro atoms. The molecule has 2 aromatic heterocycles. The van der Waals surface area contributed by atoms with Gasteiger partial charge >= 0.3 is 0 Å². The van der Waals surface area contributed by atoms with E-state index in [4.69, 9.17) is 4.42 Å². The molecular weight excluding hydrogens is 344 g/mol. The molecule has 0 aliphatic rings. The Balaban J connectivity index is 1.82. The van der Waals surface area contributed by atoms with Crippen molar-refractivity contribution in [3.8, 4) is 0 Å². The summed E-state index contributed by atoms with van der Waals surface area (Å²) in [6, 6.07) is 10.2. The Hall–Kier alpha value is -3.09. The highest BCUT2D eigenvalue weighted by molar-refractivity contribution is 6.00. The van der Waals surface area contributed by atoms with Crippen LogP contribution in [0.25, 0.3) is 11.0 Å². The van der Waals surface area contributed by atoms with E-state index < -0.39 is 11.9 Å². The van der Waals surface area contributed by atoms with Crippen molar-refractivity contribution < 1.29 is 14.0 Å². The SMILES string of the molecule is CCCn1c(NC(=O)C(NC(=O)c2ccco2)C(C)C)nc2ccccc21. The molecule has 2 amide bonds. The number of hydrogen-bond donors (Lipinski definition) is 2. The van der Waals surface area contributed by atoms with Gasteiger partial charge in [-0.05, 0) is 36.6 Å². The molecule has 1 aromatic carbocycles. The van der Waals surface area contributed by atoms with Crippen molar-refractivity contribution in [2.24, 2.45) is 5.92 Å². The highest BCUT2D eigenvalue weighted by atomic mass is 16.3. The molecule has 27 heavy (non-hydrogen) atoms. The van der Waals surface area contributed by atoms with Crippen LogP contribution in [0.5, 0.6) is 0 Å². The smallest absolute Gasteiger partial charge is 0.287 e. The lowest BCUT2D eigenvalue weighted by Crippen LogP contribution is -2.47. The Bertz CT molecular complexity index is 928. The average Bonchev–Trinajstić information content (AvgIpc) is 3.28. The average molecular weight is 368 g/mol. The lowest BCUT2D eigenvalue weighted by molar-refractivity contribution is -0.119. The Morgan fingerprint density at radius 1 is 1.19 bits per heavy atom. The summed E-state index contributed by atoms with van der Waals surface area (Å²) in [5.74, 6) is -0.172. The number of amides is 2. The van der Waals surface area contributed by atoms with E-state index in [2.05, 4.69) is 22.5 Å². The molecule has 0 aliphatic carbocycles. The molecule has 7 heteroatoms. The number of para-hydroxylation sites is 2. The number of carbonyl (C=O) groups is 2. The number of carbonyl (C=O) groups excluding carboxylic acids is 2. The van der Waals surface area contributed by atoms with E-state index in [1.54, 1.807) is 12.1 Å². The van der Waals surface area contributed by atoms with Crippen molar-refractivity contribution in [1.29, 1.82) is 0 Å². The monoisotopic (exact) mass is 368 g/mol. The number of anilines is 1. The lowest BCUT2D eigenvalue weighted by atomic mass is 10.0. The standard InChI is InChI=1S/C20H24N4O3/c1-4-11-24-15-9-6-5-8-14(15)21-20(24)23-19(26)17(13(2)3)22-18(25)16-10-7-12-27-16/h5-10,12-13,17H,4,11H2,1-3H3,(H,22,25)(H,21,23,26). The molecule has 0 radical (unpaired) electrons. The first-order chi connectivity index (χ1) is 13.0. The maximum atomic E-state index is 12.9. The van der Waals surface area contributed by atoms with Crippen LogP contribution in [0.4, 0.5) is 5.95 Å². The van der Waals surface area contributed by atoms with E-state index in [-0.39, 0.29) is 17.6 Å². The summed E-state index contributed by atoms with van der Waals surface area (Å²) in [5, 5.41) is 5.63. The van der Waals surface area contributed by atoms with Gasteiger partial charge in [0.25, 0.3) is 5.91 Å². The van der Waals surface area contributed by atoms with Crippen molar-refractivity contribution in [3.05, 3.63) is 48.4 Å². The third-order valence-corrected chi connectivity index (χ3v) is 4.32. The zero-order valence-corrected chi connectivity index (χ0v) is 15.7. The molecule has 0 fully saturated rings. The van der Waals surface area contributed by atoms with Gasteiger partial charge in [0.1, 0.15) is 6.04 Å². The van der Waals surface area contributed by atoms with Crippen molar-refractivity contribution in [1.82, 2.24) is 14.9 Å². The quantitative estimate of drug-likeness (QED) is 0.669. The highest BCUT2D eigenvalue weighted by Gasteiger charge is 2.27. The lowest BCUT2D eigenvalue weighted by Gasteiger charge is -2.21. The number of aromatic nitrogens is 2. The highest BCUT2D eigenvalue weighted by Crippen LogP contribution is 2.20. The van der Waals surface area contributed by atoms with E-state index in [1.165, 1.54) is 6.26 Å². The van der Waals surface area contributed by atoms with Crippen LogP contribution in [-0.2, 0) is 11.3 Å². The number of fused-ring (bicyclic) bond motifs is 1. The number of benzene rings is 1. The second-order valence-electron chi connectivity index (χ2n) is 6.74. The van der Waals surface area contributed by atoms with Gasteiger partial charge in [0, 0.05) is 6.54 Å². The minimum atomic E-state index is -0.711. The first-order valence-electron chi connectivity index (χ1n) is 9.11. The van der Waals surface area contributed by atoms with Crippen LogP contribution in [0.3, 0.4) is 0 Å². The maximum absolute atomic E-state index is 12.9. The number of hydrogen-bond acceptors (Lipinski definition) is 4. The fourth-order valence-corrected chi connectivity index (χ4v) is 2.96. The van der Waals surface area contributed by atoms with E-state index in [1.807, 2.05) is 42.7 Å². The molecule has 142 valence electrons. The largest absolute Gasteiger partial charge is 0.459 e. The molecule has 2 heterocycles. The first-order valence-corrected chi connectivity index (χ1v) is 9.11. The number of nitrogens with zero attached hydrogens (tertiary/aromatic N) is 2. The Morgan fingerprint density at radius 2 is 1.96 bits per heavy atom. The zero-order valence-electron chi connectivity index (χ0n) is 15.7.